The molecule has 0 aromatic heterocycles. The van der Waals surface area contributed by atoms with E-state index in [0.29, 0.717) is 5.56 Å². The van der Waals surface area contributed by atoms with Crippen LogP contribution in [0.5, 0.6) is 5.75 Å². The second-order valence-corrected chi connectivity index (χ2v) is 11.0. The van der Waals surface area contributed by atoms with E-state index in [4.69, 9.17) is 4.74 Å². The number of alkyl carbamates (subject to hydrolysis) is 1. The Labute approximate surface area is 231 Å². The van der Waals surface area contributed by atoms with Gasteiger partial charge in [-0.15, -0.1) is 6.58 Å². The van der Waals surface area contributed by atoms with Crippen LogP contribution in [0.1, 0.15) is 70.0 Å². The predicted octanol–water partition coefficient (Wildman–Crippen LogP) is 5.03. The third kappa shape index (κ3) is 8.87. The standard InChI is InChI=1S/C31H41N3O5/c1-5-20-34(27(24-18-12-13-19-26(24)35)28(36)32-23-16-10-7-11-17-23)29(37)25(21-22-14-8-6-9-15-22)33-30(38)39-31(2,3)4/h5-6,8-9,12-15,18-19,23,25,27,35H,1,7,10-11,16-17,20-21H2,2-4H3,(H,32,36)(H,33,38). The van der Waals surface area contributed by atoms with Crippen LogP contribution in [0.25, 0.3) is 0 Å². The summed E-state index contributed by atoms with van der Waals surface area (Å²) in [5.74, 6) is -0.964. The Morgan fingerprint density at radius 1 is 1.05 bits per heavy atom. The van der Waals surface area contributed by atoms with Crippen molar-refractivity contribution in [2.45, 2.75) is 83.0 Å². The van der Waals surface area contributed by atoms with Crippen LogP contribution in [0.3, 0.4) is 0 Å². The molecule has 2 unspecified atom stereocenters. The van der Waals surface area contributed by atoms with Crippen molar-refractivity contribution in [3.63, 3.8) is 0 Å². The molecule has 1 aliphatic rings. The molecule has 1 fully saturated rings. The first-order valence-corrected chi connectivity index (χ1v) is 13.6. The van der Waals surface area contributed by atoms with E-state index in [1.807, 2.05) is 30.3 Å². The van der Waals surface area contributed by atoms with Gasteiger partial charge in [0.15, 0.2) is 0 Å². The molecule has 0 radical (unpaired) electrons. The average molecular weight is 536 g/mol. The molecule has 2 aromatic carbocycles. The third-order valence-corrected chi connectivity index (χ3v) is 6.62. The fourth-order valence-electron chi connectivity index (χ4n) is 4.86. The molecule has 8 nitrogen and oxygen atoms in total. The molecule has 0 heterocycles. The molecule has 1 aliphatic carbocycles. The van der Waals surface area contributed by atoms with Crippen LogP contribution in [0.2, 0.25) is 0 Å². The maximum Gasteiger partial charge on any atom is 0.408 e. The third-order valence-electron chi connectivity index (χ3n) is 6.62. The van der Waals surface area contributed by atoms with Gasteiger partial charge in [-0.2, -0.15) is 0 Å². The topological polar surface area (TPSA) is 108 Å². The van der Waals surface area contributed by atoms with Crippen molar-refractivity contribution in [1.29, 1.82) is 0 Å². The van der Waals surface area contributed by atoms with Gasteiger partial charge in [0, 0.05) is 24.6 Å². The van der Waals surface area contributed by atoms with Gasteiger partial charge in [-0.3, -0.25) is 9.59 Å². The molecule has 2 aromatic rings. The number of benzene rings is 2. The Morgan fingerprint density at radius 3 is 2.31 bits per heavy atom. The Hall–Kier alpha value is -3.81. The Kier molecular flexibility index (Phi) is 10.5. The first-order valence-electron chi connectivity index (χ1n) is 13.6. The number of phenolic OH excluding ortho intramolecular Hbond substituents is 1. The Bertz CT molecular complexity index is 1120. The minimum Gasteiger partial charge on any atom is -0.508 e. The molecule has 3 N–H and O–H groups in total. The van der Waals surface area contributed by atoms with E-state index >= 15 is 0 Å². The zero-order valence-corrected chi connectivity index (χ0v) is 23.2. The van der Waals surface area contributed by atoms with Gasteiger partial charge >= 0.3 is 6.09 Å². The Morgan fingerprint density at radius 2 is 1.69 bits per heavy atom. The number of nitrogens with zero attached hydrogens (tertiary/aromatic N) is 1. The molecule has 0 saturated heterocycles. The number of ether oxygens (including phenoxy) is 1. The van der Waals surface area contributed by atoms with E-state index in [1.165, 1.54) is 17.0 Å². The molecule has 0 aliphatic heterocycles. The number of carbonyl (C=O) groups is 3. The molecule has 0 bridgehead atoms. The Balaban J connectivity index is 1.99. The number of phenols is 1. The average Bonchev–Trinajstić information content (AvgIpc) is 2.89. The zero-order valence-electron chi connectivity index (χ0n) is 23.2. The van der Waals surface area contributed by atoms with Crippen LogP contribution in [-0.2, 0) is 20.7 Å². The summed E-state index contributed by atoms with van der Waals surface area (Å²) in [7, 11) is 0. The lowest BCUT2D eigenvalue weighted by atomic mass is 9.94. The monoisotopic (exact) mass is 535 g/mol. The summed E-state index contributed by atoms with van der Waals surface area (Å²) in [6.07, 6.45) is 5.91. The van der Waals surface area contributed by atoms with Gasteiger partial charge in [0.25, 0.3) is 0 Å². The largest absolute Gasteiger partial charge is 0.508 e. The maximum absolute atomic E-state index is 14.2. The van der Waals surface area contributed by atoms with Crippen molar-refractivity contribution in [3.05, 3.63) is 78.4 Å². The molecule has 0 spiro atoms. The highest BCUT2D eigenvalue weighted by Crippen LogP contribution is 2.31. The number of amides is 3. The second-order valence-electron chi connectivity index (χ2n) is 11.0. The molecule has 2 atom stereocenters. The lowest BCUT2D eigenvalue weighted by molar-refractivity contribution is -0.142. The zero-order chi connectivity index (χ0) is 28.4. The number of nitrogens with one attached hydrogen (secondary N) is 2. The summed E-state index contributed by atoms with van der Waals surface area (Å²) in [6.45, 7) is 9.07. The maximum atomic E-state index is 14.2. The van der Waals surface area contributed by atoms with E-state index in [1.54, 1.807) is 39.0 Å². The van der Waals surface area contributed by atoms with Gasteiger partial charge in [0.1, 0.15) is 23.4 Å². The van der Waals surface area contributed by atoms with E-state index in [9.17, 15) is 19.5 Å². The number of hydrogen-bond acceptors (Lipinski definition) is 5. The van der Waals surface area contributed by atoms with E-state index < -0.39 is 29.7 Å². The fraction of sp³-hybridized carbons (Fsp3) is 0.452. The van der Waals surface area contributed by atoms with Gasteiger partial charge in [-0.05, 0) is 45.2 Å². The molecular formula is C31H41N3O5. The quantitative estimate of drug-likeness (QED) is 0.370. The summed E-state index contributed by atoms with van der Waals surface area (Å²) in [6, 6.07) is 13.7. The minimum absolute atomic E-state index is 0.000271. The lowest BCUT2D eigenvalue weighted by Crippen LogP contribution is -2.54. The first-order chi connectivity index (χ1) is 18.6. The molecular weight excluding hydrogens is 494 g/mol. The van der Waals surface area contributed by atoms with Crippen LogP contribution in [0.15, 0.2) is 67.3 Å². The molecule has 3 amide bonds. The van der Waals surface area contributed by atoms with Gasteiger partial charge in [0.05, 0.1) is 0 Å². The van der Waals surface area contributed by atoms with Gasteiger partial charge in [-0.25, -0.2) is 4.79 Å². The molecule has 210 valence electrons. The highest BCUT2D eigenvalue weighted by Gasteiger charge is 2.37. The second kappa shape index (κ2) is 13.8. The highest BCUT2D eigenvalue weighted by atomic mass is 16.6. The van der Waals surface area contributed by atoms with Gasteiger partial charge in [-0.1, -0.05) is 73.9 Å². The van der Waals surface area contributed by atoms with Crippen LogP contribution >= 0.6 is 0 Å². The summed E-state index contributed by atoms with van der Waals surface area (Å²) in [5.41, 5.74) is 0.372. The van der Waals surface area contributed by atoms with Crippen LogP contribution in [0, 0.1) is 0 Å². The molecule has 1 saturated carbocycles. The van der Waals surface area contributed by atoms with Crippen molar-refractivity contribution >= 4 is 17.9 Å². The summed E-state index contributed by atoms with van der Waals surface area (Å²) < 4.78 is 5.45. The van der Waals surface area contributed by atoms with Crippen molar-refractivity contribution in [3.8, 4) is 5.75 Å². The lowest BCUT2D eigenvalue weighted by Gasteiger charge is -2.35. The van der Waals surface area contributed by atoms with Gasteiger partial charge in [0.2, 0.25) is 11.8 Å². The van der Waals surface area contributed by atoms with E-state index in [-0.39, 0.29) is 30.7 Å². The van der Waals surface area contributed by atoms with Crippen molar-refractivity contribution in [2.24, 2.45) is 0 Å². The van der Waals surface area contributed by atoms with Crippen LogP contribution < -0.4 is 10.6 Å². The minimum atomic E-state index is -1.13. The summed E-state index contributed by atoms with van der Waals surface area (Å²) in [5, 5.41) is 16.6. The SMILES string of the molecule is C=CCN(C(=O)C(Cc1ccccc1)NC(=O)OC(C)(C)C)C(C(=O)NC1CCCCC1)c1ccccc1O. The number of hydrogen-bond donors (Lipinski definition) is 3. The molecule has 3 rings (SSSR count). The number of aromatic hydroxyl groups is 1. The fourth-order valence-corrected chi connectivity index (χ4v) is 4.86. The number of para-hydroxylation sites is 1. The number of carbonyl (C=O) groups excluding carboxylic acids is 3. The predicted molar refractivity (Wildman–Crippen MR) is 151 cm³/mol. The highest BCUT2D eigenvalue weighted by molar-refractivity contribution is 5.93. The normalized spacial score (nSPS) is 15.5. The summed E-state index contributed by atoms with van der Waals surface area (Å²) in [4.78, 5) is 42.2. The smallest absolute Gasteiger partial charge is 0.408 e. The van der Waals surface area contributed by atoms with Crippen molar-refractivity contribution in [2.75, 3.05) is 6.54 Å². The summed E-state index contributed by atoms with van der Waals surface area (Å²) >= 11 is 0. The van der Waals surface area contributed by atoms with E-state index in [2.05, 4.69) is 17.2 Å². The van der Waals surface area contributed by atoms with Crippen molar-refractivity contribution in [1.82, 2.24) is 15.5 Å². The first kappa shape index (κ1) is 29.7. The van der Waals surface area contributed by atoms with Crippen LogP contribution in [0.4, 0.5) is 4.79 Å². The molecule has 8 heteroatoms. The van der Waals surface area contributed by atoms with Crippen molar-refractivity contribution < 1.29 is 24.2 Å². The number of rotatable bonds is 10. The van der Waals surface area contributed by atoms with E-state index in [0.717, 1.165) is 37.7 Å². The van der Waals surface area contributed by atoms with Crippen LogP contribution in [-0.4, -0.2) is 52.1 Å². The molecule has 39 heavy (non-hydrogen) atoms. The van der Waals surface area contributed by atoms with Gasteiger partial charge < -0.3 is 25.4 Å².